The van der Waals surface area contributed by atoms with Gasteiger partial charge in [0.05, 0.1) is 17.6 Å². The molecule has 0 aromatic carbocycles. The van der Waals surface area contributed by atoms with Crippen molar-refractivity contribution < 1.29 is 4.79 Å². The maximum atomic E-state index is 12.3. The van der Waals surface area contributed by atoms with Gasteiger partial charge >= 0.3 is 0 Å². The van der Waals surface area contributed by atoms with E-state index in [1.165, 1.54) is 18.5 Å². The number of rotatable bonds is 2. The first-order chi connectivity index (χ1) is 9.77. The number of H-pyrrole nitrogens is 1. The maximum Gasteiger partial charge on any atom is 0.222 e. The van der Waals surface area contributed by atoms with Gasteiger partial charge in [0.2, 0.25) is 5.91 Å². The minimum absolute atomic E-state index is 0.0818. The Morgan fingerprint density at radius 3 is 3.10 bits per heavy atom. The van der Waals surface area contributed by atoms with Crippen LogP contribution in [0, 0.1) is 5.92 Å². The van der Waals surface area contributed by atoms with Crippen LogP contribution in [0.4, 0.5) is 0 Å². The van der Waals surface area contributed by atoms with E-state index in [1.807, 2.05) is 0 Å². The Morgan fingerprint density at radius 2 is 2.25 bits per heavy atom. The summed E-state index contributed by atoms with van der Waals surface area (Å²) in [5.74, 6) is 1.10. The van der Waals surface area contributed by atoms with Crippen molar-refractivity contribution in [1.82, 2.24) is 20.2 Å². The molecule has 1 spiro atoms. The van der Waals surface area contributed by atoms with Gasteiger partial charge in [0, 0.05) is 38.2 Å². The molecule has 3 heterocycles. The normalized spacial score (nSPS) is 30.4. The molecule has 5 heteroatoms. The first kappa shape index (κ1) is 12.4. The number of imidazole rings is 1. The van der Waals surface area contributed by atoms with Crippen LogP contribution in [0.2, 0.25) is 0 Å². The molecule has 1 saturated carbocycles. The van der Waals surface area contributed by atoms with Crippen LogP contribution in [0.1, 0.15) is 43.5 Å². The van der Waals surface area contributed by atoms with Crippen molar-refractivity contribution >= 4 is 5.91 Å². The Balaban J connectivity index is 1.57. The van der Waals surface area contributed by atoms with Gasteiger partial charge < -0.3 is 15.2 Å². The van der Waals surface area contributed by atoms with Crippen molar-refractivity contribution in [3.63, 3.8) is 0 Å². The summed E-state index contributed by atoms with van der Waals surface area (Å²) in [6.07, 6.45) is 7.93. The number of likely N-dealkylation sites (tertiary alicyclic amines) is 1. The Hall–Kier alpha value is -1.36. The molecule has 2 fully saturated rings. The fourth-order valence-corrected chi connectivity index (χ4v) is 3.71. The number of aromatic nitrogens is 2. The molecule has 4 rings (SSSR count). The minimum Gasteiger partial charge on any atom is -0.348 e. The second kappa shape index (κ2) is 4.58. The summed E-state index contributed by atoms with van der Waals surface area (Å²) in [7, 11) is 0. The van der Waals surface area contributed by atoms with Gasteiger partial charge in [-0.05, 0) is 31.6 Å². The highest BCUT2D eigenvalue weighted by Crippen LogP contribution is 2.37. The summed E-state index contributed by atoms with van der Waals surface area (Å²) < 4.78 is 0. The van der Waals surface area contributed by atoms with Crippen LogP contribution in [0.15, 0.2) is 6.33 Å². The molecule has 20 heavy (non-hydrogen) atoms. The monoisotopic (exact) mass is 274 g/mol. The quantitative estimate of drug-likeness (QED) is 0.851. The molecule has 108 valence electrons. The van der Waals surface area contributed by atoms with Crippen LogP contribution in [0.3, 0.4) is 0 Å². The number of carbonyl (C=O) groups is 1. The molecule has 2 aliphatic heterocycles. The average Bonchev–Trinajstić information content (AvgIpc) is 3.17. The smallest absolute Gasteiger partial charge is 0.222 e. The standard InChI is InChI=1S/C15H22N4O/c20-13-3-5-15(6-8-19(13)9-11-1-2-11)14-12(4-7-18-15)16-10-17-14/h10-11,18H,1-9H2,(H,16,17)/t15-/m0/s1. The van der Waals surface area contributed by atoms with Gasteiger partial charge in [0.1, 0.15) is 0 Å². The van der Waals surface area contributed by atoms with Crippen molar-refractivity contribution in [2.45, 2.75) is 44.1 Å². The second-order valence-electron chi connectivity index (χ2n) is 6.52. The maximum absolute atomic E-state index is 12.3. The van der Waals surface area contributed by atoms with Crippen LogP contribution in [0.5, 0.6) is 0 Å². The Kier molecular flexibility index (Phi) is 2.84. The lowest BCUT2D eigenvalue weighted by Crippen LogP contribution is -2.48. The lowest BCUT2D eigenvalue weighted by atomic mass is 9.83. The number of nitrogens with one attached hydrogen (secondary N) is 2. The molecule has 1 amide bonds. The zero-order chi connectivity index (χ0) is 13.6. The number of aromatic amines is 1. The zero-order valence-electron chi connectivity index (χ0n) is 11.8. The molecule has 1 aliphatic carbocycles. The average molecular weight is 274 g/mol. The molecule has 1 atom stereocenters. The lowest BCUT2D eigenvalue weighted by Gasteiger charge is -2.36. The Bertz CT molecular complexity index is 522. The van der Waals surface area contributed by atoms with E-state index in [9.17, 15) is 4.79 Å². The summed E-state index contributed by atoms with van der Waals surface area (Å²) in [5, 5.41) is 3.67. The van der Waals surface area contributed by atoms with Gasteiger partial charge in [-0.25, -0.2) is 4.98 Å². The molecule has 1 aromatic heterocycles. The fraction of sp³-hybridized carbons (Fsp3) is 0.733. The SMILES string of the molecule is O=C1CC[C@@]2(CCN1CC1CC1)NCCc1[nH]cnc12. The van der Waals surface area contributed by atoms with Crippen LogP contribution in [-0.4, -0.2) is 40.4 Å². The van der Waals surface area contributed by atoms with E-state index in [0.717, 1.165) is 50.5 Å². The molecule has 3 aliphatic rings. The number of carbonyl (C=O) groups excluding carboxylic acids is 1. The van der Waals surface area contributed by atoms with Gasteiger partial charge in [-0.2, -0.15) is 0 Å². The van der Waals surface area contributed by atoms with Crippen molar-refractivity contribution in [1.29, 1.82) is 0 Å². The predicted octanol–water partition coefficient (Wildman–Crippen LogP) is 1.17. The first-order valence-corrected chi connectivity index (χ1v) is 7.82. The van der Waals surface area contributed by atoms with Gasteiger partial charge in [0.15, 0.2) is 0 Å². The van der Waals surface area contributed by atoms with Gasteiger partial charge in [0.25, 0.3) is 0 Å². The summed E-state index contributed by atoms with van der Waals surface area (Å²) >= 11 is 0. The third-order valence-electron chi connectivity index (χ3n) is 5.11. The topological polar surface area (TPSA) is 61.0 Å². The molecular formula is C15H22N4O. The van der Waals surface area contributed by atoms with Crippen molar-refractivity contribution in [3.05, 3.63) is 17.7 Å². The summed E-state index contributed by atoms with van der Waals surface area (Å²) in [6.45, 7) is 2.82. The molecular weight excluding hydrogens is 252 g/mol. The summed E-state index contributed by atoms with van der Waals surface area (Å²) in [4.78, 5) is 22.2. The number of hydrogen-bond acceptors (Lipinski definition) is 3. The molecule has 0 radical (unpaired) electrons. The van der Waals surface area contributed by atoms with Gasteiger partial charge in [-0.15, -0.1) is 0 Å². The Labute approximate surface area is 119 Å². The highest BCUT2D eigenvalue weighted by atomic mass is 16.2. The Morgan fingerprint density at radius 1 is 1.35 bits per heavy atom. The predicted molar refractivity (Wildman–Crippen MR) is 75.1 cm³/mol. The molecule has 2 N–H and O–H groups in total. The molecule has 1 aromatic rings. The van der Waals surface area contributed by atoms with E-state index in [0.29, 0.717) is 12.3 Å². The van der Waals surface area contributed by atoms with Crippen LogP contribution in [0.25, 0.3) is 0 Å². The zero-order valence-corrected chi connectivity index (χ0v) is 11.8. The highest BCUT2D eigenvalue weighted by molar-refractivity contribution is 5.76. The van der Waals surface area contributed by atoms with Crippen molar-refractivity contribution in [3.8, 4) is 0 Å². The van der Waals surface area contributed by atoms with E-state index in [2.05, 4.69) is 20.2 Å². The first-order valence-electron chi connectivity index (χ1n) is 7.82. The molecule has 0 unspecified atom stereocenters. The second-order valence-corrected chi connectivity index (χ2v) is 6.52. The van der Waals surface area contributed by atoms with Crippen LogP contribution in [-0.2, 0) is 16.8 Å². The number of hydrogen-bond donors (Lipinski definition) is 2. The molecule has 0 bridgehead atoms. The van der Waals surface area contributed by atoms with Crippen LogP contribution >= 0.6 is 0 Å². The molecule has 5 nitrogen and oxygen atoms in total. The summed E-state index contributed by atoms with van der Waals surface area (Å²) in [5.41, 5.74) is 2.33. The van der Waals surface area contributed by atoms with Crippen molar-refractivity contribution in [2.24, 2.45) is 5.92 Å². The summed E-state index contributed by atoms with van der Waals surface area (Å²) in [6, 6.07) is 0. The number of fused-ring (bicyclic) bond motifs is 2. The third-order valence-corrected chi connectivity index (χ3v) is 5.11. The van der Waals surface area contributed by atoms with Crippen LogP contribution < -0.4 is 5.32 Å². The number of nitrogens with zero attached hydrogens (tertiary/aromatic N) is 2. The highest BCUT2D eigenvalue weighted by Gasteiger charge is 2.42. The number of amides is 1. The van der Waals surface area contributed by atoms with E-state index in [-0.39, 0.29) is 5.54 Å². The third kappa shape index (κ3) is 2.04. The van der Waals surface area contributed by atoms with Crippen molar-refractivity contribution in [2.75, 3.05) is 19.6 Å². The van der Waals surface area contributed by atoms with Gasteiger partial charge in [-0.3, -0.25) is 4.79 Å². The van der Waals surface area contributed by atoms with E-state index < -0.39 is 0 Å². The minimum atomic E-state index is -0.0818. The van der Waals surface area contributed by atoms with E-state index in [4.69, 9.17) is 0 Å². The largest absolute Gasteiger partial charge is 0.348 e. The molecule has 1 saturated heterocycles. The lowest BCUT2D eigenvalue weighted by molar-refractivity contribution is -0.130. The fourth-order valence-electron chi connectivity index (χ4n) is 3.71. The van der Waals surface area contributed by atoms with E-state index >= 15 is 0 Å². The van der Waals surface area contributed by atoms with Gasteiger partial charge in [-0.1, -0.05) is 0 Å². The van der Waals surface area contributed by atoms with E-state index in [1.54, 1.807) is 6.33 Å².